The Balaban J connectivity index is 1.47. The second-order valence-corrected chi connectivity index (χ2v) is 8.62. The van der Waals surface area contributed by atoms with Crippen LogP contribution in [-0.2, 0) is 20.8 Å². The summed E-state index contributed by atoms with van der Waals surface area (Å²) in [6, 6.07) is 16.8. The minimum absolute atomic E-state index is 0.000757. The summed E-state index contributed by atoms with van der Waals surface area (Å²) in [7, 11) is 1.75. The summed E-state index contributed by atoms with van der Waals surface area (Å²) in [5, 5.41) is 4.77. The van der Waals surface area contributed by atoms with Gasteiger partial charge in [0.05, 0.1) is 5.92 Å². The van der Waals surface area contributed by atoms with Gasteiger partial charge < -0.3 is 15.1 Å². The lowest BCUT2D eigenvalue weighted by molar-refractivity contribution is -0.135. The molecule has 2 N–H and O–H groups in total. The highest BCUT2D eigenvalue weighted by atomic mass is 16.2. The van der Waals surface area contributed by atoms with Gasteiger partial charge in [-0.15, -0.1) is 0 Å². The lowest BCUT2D eigenvalue weighted by Gasteiger charge is -2.27. The third kappa shape index (κ3) is 5.39. The average Bonchev–Trinajstić information content (AvgIpc) is 3.08. The topological polar surface area (TPSA) is 98.8 Å². The van der Waals surface area contributed by atoms with Gasteiger partial charge in [0.15, 0.2) is 0 Å². The Morgan fingerprint density at radius 2 is 1.67 bits per heavy atom. The highest BCUT2D eigenvalue weighted by molar-refractivity contribution is 5.98. The fourth-order valence-electron chi connectivity index (χ4n) is 4.37. The van der Waals surface area contributed by atoms with Crippen molar-refractivity contribution in [3.63, 3.8) is 0 Å². The molecule has 0 radical (unpaired) electrons. The standard InChI is InChI=1S/C25H28N4O4/c1-28-13-14-29(24(32)21-11-12-22(30)27-25(33)26-21)16-20(23(28)31)15-17-7-9-19(10-8-17)18-5-3-2-4-6-18/h2-10,20-21H,11-16H2,1H3,(H2,26,27,30,33)/t20-,21+/m1/s1. The third-order valence-electron chi connectivity index (χ3n) is 6.24. The van der Waals surface area contributed by atoms with E-state index in [9.17, 15) is 19.2 Å². The molecule has 0 saturated carbocycles. The van der Waals surface area contributed by atoms with E-state index < -0.39 is 18.0 Å². The first kappa shape index (κ1) is 22.5. The molecule has 0 unspecified atom stereocenters. The number of imide groups is 1. The highest BCUT2D eigenvalue weighted by Crippen LogP contribution is 2.22. The molecule has 0 spiro atoms. The molecule has 0 aromatic heterocycles. The smallest absolute Gasteiger partial charge is 0.322 e. The number of urea groups is 1. The van der Waals surface area contributed by atoms with Gasteiger partial charge in [-0.2, -0.15) is 0 Å². The molecule has 0 aliphatic carbocycles. The van der Waals surface area contributed by atoms with Crippen molar-refractivity contribution < 1.29 is 19.2 Å². The summed E-state index contributed by atoms with van der Waals surface area (Å²) >= 11 is 0. The van der Waals surface area contributed by atoms with Gasteiger partial charge in [-0.05, 0) is 29.5 Å². The first-order chi connectivity index (χ1) is 15.9. The quantitative estimate of drug-likeness (QED) is 0.745. The van der Waals surface area contributed by atoms with Crippen molar-refractivity contribution in [2.24, 2.45) is 5.92 Å². The van der Waals surface area contributed by atoms with Crippen molar-refractivity contribution >= 4 is 23.8 Å². The molecule has 0 bridgehead atoms. The van der Waals surface area contributed by atoms with Gasteiger partial charge in [-0.25, -0.2) is 4.79 Å². The van der Waals surface area contributed by atoms with E-state index in [2.05, 4.69) is 22.8 Å². The molecule has 33 heavy (non-hydrogen) atoms. The van der Waals surface area contributed by atoms with Gasteiger partial charge in [-0.1, -0.05) is 54.6 Å². The maximum atomic E-state index is 13.2. The second kappa shape index (κ2) is 9.85. The normalized spacial score (nSPS) is 21.7. The fourth-order valence-corrected chi connectivity index (χ4v) is 4.37. The van der Waals surface area contributed by atoms with Gasteiger partial charge in [0.25, 0.3) is 0 Å². The molecule has 8 heteroatoms. The van der Waals surface area contributed by atoms with Gasteiger partial charge in [0, 0.05) is 33.1 Å². The predicted molar refractivity (Wildman–Crippen MR) is 123 cm³/mol. The Morgan fingerprint density at radius 1 is 0.970 bits per heavy atom. The zero-order valence-corrected chi connectivity index (χ0v) is 18.6. The Kier molecular flexibility index (Phi) is 6.72. The minimum atomic E-state index is -0.777. The van der Waals surface area contributed by atoms with E-state index in [1.54, 1.807) is 16.8 Å². The molecule has 5 amide bonds. The molecule has 2 aliphatic rings. The largest absolute Gasteiger partial charge is 0.344 e. The lowest BCUT2D eigenvalue weighted by atomic mass is 9.95. The van der Waals surface area contributed by atoms with E-state index in [4.69, 9.17) is 0 Å². The molecule has 2 atom stereocenters. The van der Waals surface area contributed by atoms with Crippen LogP contribution in [0.3, 0.4) is 0 Å². The van der Waals surface area contributed by atoms with Crippen LogP contribution in [0, 0.1) is 5.92 Å². The molecule has 2 saturated heterocycles. The molecule has 2 heterocycles. The summed E-state index contributed by atoms with van der Waals surface area (Å²) in [5.41, 5.74) is 3.26. The Hall–Kier alpha value is -3.68. The maximum Gasteiger partial charge on any atom is 0.322 e. The number of likely N-dealkylation sites (N-methyl/N-ethyl adjacent to an activating group) is 1. The first-order valence-electron chi connectivity index (χ1n) is 11.2. The van der Waals surface area contributed by atoms with E-state index in [1.165, 1.54) is 0 Å². The summed E-state index contributed by atoms with van der Waals surface area (Å²) in [4.78, 5) is 52.9. The van der Waals surface area contributed by atoms with E-state index in [0.717, 1.165) is 16.7 Å². The Labute approximate surface area is 192 Å². The number of hydrogen-bond donors (Lipinski definition) is 2. The zero-order chi connectivity index (χ0) is 23.4. The Bertz CT molecular complexity index is 1040. The summed E-state index contributed by atoms with van der Waals surface area (Å²) in [6.07, 6.45) is 0.848. The van der Waals surface area contributed by atoms with Crippen LogP contribution >= 0.6 is 0 Å². The van der Waals surface area contributed by atoms with Crippen molar-refractivity contribution in [2.75, 3.05) is 26.7 Å². The maximum absolute atomic E-state index is 13.2. The molecule has 172 valence electrons. The van der Waals surface area contributed by atoms with Crippen LogP contribution in [0.25, 0.3) is 11.1 Å². The number of amides is 5. The van der Waals surface area contributed by atoms with Gasteiger partial charge >= 0.3 is 6.03 Å². The van der Waals surface area contributed by atoms with E-state index >= 15 is 0 Å². The van der Waals surface area contributed by atoms with Crippen LogP contribution in [0.4, 0.5) is 4.79 Å². The van der Waals surface area contributed by atoms with Crippen molar-refractivity contribution in [1.82, 2.24) is 20.4 Å². The number of rotatable bonds is 4. The number of benzene rings is 2. The van der Waals surface area contributed by atoms with Crippen molar-refractivity contribution in [2.45, 2.75) is 25.3 Å². The van der Waals surface area contributed by atoms with Crippen molar-refractivity contribution in [1.29, 1.82) is 0 Å². The fraction of sp³-hybridized carbons (Fsp3) is 0.360. The molecule has 4 rings (SSSR count). The molecule has 8 nitrogen and oxygen atoms in total. The molecular weight excluding hydrogens is 420 g/mol. The Morgan fingerprint density at radius 3 is 2.39 bits per heavy atom. The van der Waals surface area contributed by atoms with Crippen LogP contribution in [-0.4, -0.2) is 66.3 Å². The summed E-state index contributed by atoms with van der Waals surface area (Å²) < 4.78 is 0. The van der Waals surface area contributed by atoms with Crippen molar-refractivity contribution in [3.05, 3.63) is 60.2 Å². The second-order valence-electron chi connectivity index (χ2n) is 8.62. The monoisotopic (exact) mass is 448 g/mol. The van der Waals surface area contributed by atoms with Gasteiger partial charge in [0.2, 0.25) is 17.7 Å². The van der Waals surface area contributed by atoms with Crippen LogP contribution in [0.5, 0.6) is 0 Å². The number of carbonyl (C=O) groups is 4. The lowest BCUT2D eigenvalue weighted by Crippen LogP contribution is -2.51. The van der Waals surface area contributed by atoms with Gasteiger partial charge in [0.1, 0.15) is 6.04 Å². The summed E-state index contributed by atoms with van der Waals surface area (Å²) in [6.45, 7) is 1.08. The van der Waals surface area contributed by atoms with E-state index in [1.807, 2.05) is 42.5 Å². The molecule has 2 aliphatic heterocycles. The predicted octanol–water partition coefficient (Wildman–Crippen LogP) is 1.80. The number of carbonyl (C=O) groups excluding carboxylic acids is 4. The number of nitrogens with one attached hydrogen (secondary N) is 2. The minimum Gasteiger partial charge on any atom is -0.344 e. The first-order valence-corrected chi connectivity index (χ1v) is 11.2. The molecule has 2 fully saturated rings. The van der Waals surface area contributed by atoms with Crippen molar-refractivity contribution in [3.8, 4) is 11.1 Å². The highest BCUT2D eigenvalue weighted by Gasteiger charge is 2.35. The SMILES string of the molecule is CN1CCN(C(=O)[C@@H]2CCC(=O)NC(=O)N2)C[C@@H](Cc2ccc(-c3ccccc3)cc2)C1=O. The van der Waals surface area contributed by atoms with Crippen LogP contribution < -0.4 is 10.6 Å². The van der Waals surface area contributed by atoms with Crippen LogP contribution in [0.15, 0.2) is 54.6 Å². The van der Waals surface area contributed by atoms with Gasteiger partial charge in [-0.3, -0.25) is 19.7 Å². The zero-order valence-electron chi connectivity index (χ0n) is 18.6. The van der Waals surface area contributed by atoms with E-state index in [0.29, 0.717) is 19.5 Å². The third-order valence-corrected chi connectivity index (χ3v) is 6.24. The van der Waals surface area contributed by atoms with Crippen LogP contribution in [0.2, 0.25) is 0 Å². The average molecular weight is 449 g/mol. The molecule has 2 aromatic rings. The summed E-state index contributed by atoms with van der Waals surface area (Å²) in [5.74, 6) is -1.04. The number of hydrogen-bond acceptors (Lipinski definition) is 4. The van der Waals surface area contributed by atoms with Crippen LogP contribution in [0.1, 0.15) is 18.4 Å². The molecule has 2 aromatic carbocycles. The molecular formula is C25H28N4O4. The van der Waals surface area contributed by atoms with E-state index in [-0.39, 0.29) is 37.1 Å². The number of nitrogens with zero attached hydrogens (tertiary/aromatic N) is 2.